The summed E-state index contributed by atoms with van der Waals surface area (Å²) in [5, 5.41) is 20.9. The van der Waals surface area contributed by atoms with Crippen LogP contribution in [0.3, 0.4) is 0 Å². The number of hydrogen-bond acceptors (Lipinski definition) is 4. The number of alkyl halides is 2. The average molecular weight is 282 g/mol. The molecule has 0 bridgehead atoms. The Kier molecular flexibility index (Phi) is 6.28. The highest BCUT2D eigenvalue weighted by Gasteiger charge is 2.10. The second kappa shape index (κ2) is 7.48. The molecule has 0 spiro atoms. The Morgan fingerprint density at radius 1 is 1.39 bits per heavy atom. The predicted molar refractivity (Wildman–Crippen MR) is 62.9 cm³/mol. The van der Waals surface area contributed by atoms with Gasteiger partial charge in [0.15, 0.2) is 0 Å². The largest absolute Gasteiger partial charge is 0.434 e. The Bertz CT molecular complexity index is 379. The van der Waals surface area contributed by atoms with Crippen LogP contribution in [0, 0.1) is 0 Å². The van der Waals surface area contributed by atoms with Gasteiger partial charge in [-0.25, -0.2) is 0 Å². The summed E-state index contributed by atoms with van der Waals surface area (Å²) < 4.78 is 28.7. The molecule has 0 saturated carbocycles. The Balaban J connectivity index is 2.64. The van der Waals surface area contributed by atoms with E-state index in [1.54, 1.807) is 0 Å². The van der Waals surface area contributed by atoms with Crippen LogP contribution in [0.4, 0.5) is 8.78 Å². The minimum Gasteiger partial charge on any atom is -0.434 e. The zero-order chi connectivity index (χ0) is 13.5. The molecule has 0 aliphatic rings. The number of rotatable bonds is 7. The fourth-order valence-electron chi connectivity index (χ4n) is 1.34. The van der Waals surface area contributed by atoms with Crippen molar-refractivity contribution < 1.29 is 23.7 Å². The SMILES string of the molecule is OCC(O)CNCc1cc(Cl)ccc1OC(F)F. The zero-order valence-electron chi connectivity index (χ0n) is 9.44. The summed E-state index contributed by atoms with van der Waals surface area (Å²) in [6.45, 7) is -2.95. The van der Waals surface area contributed by atoms with Gasteiger partial charge in [0.25, 0.3) is 0 Å². The fourth-order valence-corrected chi connectivity index (χ4v) is 1.53. The van der Waals surface area contributed by atoms with Crippen LogP contribution < -0.4 is 10.1 Å². The van der Waals surface area contributed by atoms with Gasteiger partial charge in [0.05, 0.1) is 12.7 Å². The van der Waals surface area contributed by atoms with Gasteiger partial charge in [0.2, 0.25) is 0 Å². The minimum absolute atomic E-state index is 0.0281. The molecule has 1 aromatic carbocycles. The van der Waals surface area contributed by atoms with Crippen LogP contribution >= 0.6 is 11.6 Å². The molecule has 1 unspecified atom stereocenters. The molecule has 4 nitrogen and oxygen atoms in total. The molecule has 7 heteroatoms. The van der Waals surface area contributed by atoms with Gasteiger partial charge >= 0.3 is 6.61 Å². The van der Waals surface area contributed by atoms with Gasteiger partial charge < -0.3 is 20.3 Å². The highest BCUT2D eigenvalue weighted by atomic mass is 35.5. The van der Waals surface area contributed by atoms with E-state index in [2.05, 4.69) is 10.1 Å². The van der Waals surface area contributed by atoms with Gasteiger partial charge in [-0.05, 0) is 18.2 Å². The van der Waals surface area contributed by atoms with E-state index in [-0.39, 0.29) is 25.4 Å². The molecule has 1 aromatic rings. The molecular weight excluding hydrogens is 268 g/mol. The number of nitrogens with one attached hydrogen (secondary N) is 1. The molecule has 0 aliphatic heterocycles. The third kappa shape index (κ3) is 5.14. The number of aliphatic hydroxyl groups excluding tert-OH is 2. The van der Waals surface area contributed by atoms with E-state index in [1.165, 1.54) is 18.2 Å². The molecule has 0 aromatic heterocycles. The lowest BCUT2D eigenvalue weighted by molar-refractivity contribution is -0.0505. The van der Waals surface area contributed by atoms with Crippen LogP contribution in [0.15, 0.2) is 18.2 Å². The second-order valence-corrected chi connectivity index (χ2v) is 4.03. The summed E-state index contributed by atoms with van der Waals surface area (Å²) in [4.78, 5) is 0. The third-order valence-corrected chi connectivity index (χ3v) is 2.38. The van der Waals surface area contributed by atoms with Gasteiger partial charge in [-0.2, -0.15) is 8.78 Å². The molecule has 0 aliphatic carbocycles. The lowest BCUT2D eigenvalue weighted by atomic mass is 10.2. The highest BCUT2D eigenvalue weighted by molar-refractivity contribution is 6.30. The first kappa shape index (κ1) is 15.1. The first-order valence-electron chi connectivity index (χ1n) is 5.25. The van der Waals surface area contributed by atoms with Crippen molar-refractivity contribution in [1.29, 1.82) is 0 Å². The highest BCUT2D eigenvalue weighted by Crippen LogP contribution is 2.24. The maximum Gasteiger partial charge on any atom is 0.387 e. The van der Waals surface area contributed by atoms with Crippen molar-refractivity contribution in [3.05, 3.63) is 28.8 Å². The summed E-state index contributed by atoms with van der Waals surface area (Å²) in [5.41, 5.74) is 0.452. The molecule has 0 radical (unpaired) electrons. The van der Waals surface area contributed by atoms with E-state index in [0.717, 1.165) is 0 Å². The van der Waals surface area contributed by atoms with Crippen LogP contribution in [0.1, 0.15) is 5.56 Å². The summed E-state index contributed by atoms with van der Waals surface area (Å²) in [6, 6.07) is 4.30. The van der Waals surface area contributed by atoms with Crippen molar-refractivity contribution in [3.63, 3.8) is 0 Å². The number of ether oxygens (including phenoxy) is 1. The Morgan fingerprint density at radius 3 is 2.72 bits per heavy atom. The normalized spacial score (nSPS) is 12.8. The molecule has 1 rings (SSSR count). The fraction of sp³-hybridized carbons (Fsp3) is 0.455. The Hall–Kier alpha value is -0.950. The van der Waals surface area contributed by atoms with E-state index in [4.69, 9.17) is 21.8 Å². The lowest BCUT2D eigenvalue weighted by Gasteiger charge is -2.13. The number of benzene rings is 1. The lowest BCUT2D eigenvalue weighted by Crippen LogP contribution is -2.29. The van der Waals surface area contributed by atoms with Crippen molar-refractivity contribution in [2.24, 2.45) is 0 Å². The van der Waals surface area contributed by atoms with E-state index in [0.29, 0.717) is 10.6 Å². The van der Waals surface area contributed by atoms with Crippen LogP contribution in [0.5, 0.6) is 5.75 Å². The van der Waals surface area contributed by atoms with Crippen LogP contribution in [-0.2, 0) is 6.54 Å². The van der Waals surface area contributed by atoms with Crippen LogP contribution in [0.25, 0.3) is 0 Å². The number of hydrogen-bond donors (Lipinski definition) is 3. The third-order valence-electron chi connectivity index (χ3n) is 2.14. The Labute approximate surface area is 108 Å². The molecule has 102 valence electrons. The second-order valence-electron chi connectivity index (χ2n) is 3.60. The monoisotopic (exact) mass is 281 g/mol. The van der Waals surface area contributed by atoms with E-state index >= 15 is 0 Å². The molecule has 0 saturated heterocycles. The maximum absolute atomic E-state index is 12.2. The summed E-state index contributed by atoms with van der Waals surface area (Å²) in [6.07, 6.45) is -0.899. The molecule has 1 atom stereocenters. The van der Waals surface area contributed by atoms with E-state index in [9.17, 15) is 8.78 Å². The van der Waals surface area contributed by atoms with Crippen molar-refractivity contribution in [3.8, 4) is 5.75 Å². The minimum atomic E-state index is -2.91. The first-order chi connectivity index (χ1) is 8.52. The smallest absolute Gasteiger partial charge is 0.387 e. The number of halogens is 3. The first-order valence-corrected chi connectivity index (χ1v) is 5.63. The topological polar surface area (TPSA) is 61.7 Å². The zero-order valence-corrected chi connectivity index (χ0v) is 10.2. The summed E-state index contributed by atoms with van der Waals surface area (Å²) in [5.74, 6) is 0.0281. The Morgan fingerprint density at radius 2 is 2.11 bits per heavy atom. The summed E-state index contributed by atoms with van der Waals surface area (Å²) in [7, 11) is 0. The molecule has 18 heavy (non-hydrogen) atoms. The van der Waals surface area contributed by atoms with Gasteiger partial charge in [-0.3, -0.25) is 0 Å². The van der Waals surface area contributed by atoms with Crippen molar-refractivity contribution in [2.45, 2.75) is 19.3 Å². The average Bonchev–Trinajstić information content (AvgIpc) is 2.31. The van der Waals surface area contributed by atoms with Crippen molar-refractivity contribution in [2.75, 3.05) is 13.2 Å². The molecular formula is C11H14ClF2NO3. The maximum atomic E-state index is 12.2. The van der Waals surface area contributed by atoms with Crippen molar-refractivity contribution in [1.82, 2.24) is 5.32 Å². The van der Waals surface area contributed by atoms with E-state index < -0.39 is 12.7 Å². The van der Waals surface area contributed by atoms with Crippen LogP contribution in [0.2, 0.25) is 5.02 Å². The molecule has 0 amide bonds. The van der Waals surface area contributed by atoms with Gasteiger partial charge in [-0.15, -0.1) is 0 Å². The molecule has 3 N–H and O–H groups in total. The van der Waals surface area contributed by atoms with Gasteiger partial charge in [0, 0.05) is 23.7 Å². The predicted octanol–water partition coefficient (Wildman–Crippen LogP) is 1.38. The summed E-state index contributed by atoms with van der Waals surface area (Å²) >= 11 is 5.76. The van der Waals surface area contributed by atoms with Crippen LogP contribution in [-0.4, -0.2) is 36.1 Å². The number of aliphatic hydroxyl groups is 2. The standard InChI is InChI=1S/C11H14ClF2NO3/c12-8-1-2-10(18-11(13)14)7(3-8)4-15-5-9(17)6-16/h1-3,9,11,15-17H,4-6H2. The van der Waals surface area contributed by atoms with E-state index in [1.807, 2.05) is 0 Å². The van der Waals surface area contributed by atoms with Gasteiger partial charge in [0.1, 0.15) is 5.75 Å². The molecule has 0 heterocycles. The quantitative estimate of drug-likeness (QED) is 0.707. The van der Waals surface area contributed by atoms with Crippen molar-refractivity contribution >= 4 is 11.6 Å². The molecule has 0 fully saturated rings. The van der Waals surface area contributed by atoms with Gasteiger partial charge in [-0.1, -0.05) is 11.6 Å².